The maximum atomic E-state index is 10.8. The molecule has 0 saturated heterocycles. The summed E-state index contributed by atoms with van der Waals surface area (Å²) in [4.78, 5) is 10.8. The zero-order chi connectivity index (χ0) is 9.30. The average Bonchev–Trinajstić information content (AvgIpc) is 2.16. The molecule has 0 fully saturated rings. The van der Waals surface area contributed by atoms with E-state index in [9.17, 15) is 4.79 Å². The van der Waals surface area contributed by atoms with Crippen LogP contribution in [-0.4, -0.2) is 20.4 Å². The summed E-state index contributed by atoms with van der Waals surface area (Å²) in [6.07, 6.45) is 0. The van der Waals surface area contributed by atoms with Crippen molar-refractivity contribution in [3.05, 3.63) is 8.87 Å². The van der Waals surface area contributed by atoms with Gasteiger partial charge in [-0.15, -0.1) is 0 Å². The first-order valence-corrected chi connectivity index (χ1v) is 5.36. The zero-order valence-corrected chi connectivity index (χ0v) is 9.11. The molecule has 1 rings (SSSR count). The fourth-order valence-electron chi connectivity index (χ4n) is 1.03. The van der Waals surface area contributed by atoms with E-state index in [1.54, 1.807) is 0 Å². The number of nitrogen functional groups attached to an aromatic ring is 1. The molecule has 1 aromatic rings. The summed E-state index contributed by atoms with van der Waals surface area (Å²) in [6, 6.07) is 0. The van der Waals surface area contributed by atoms with Crippen LogP contribution in [0.5, 0.6) is 0 Å². The fourth-order valence-corrected chi connectivity index (χ4v) is 2.99. The van der Waals surface area contributed by atoms with Gasteiger partial charge < -0.3 is 0 Å². The van der Waals surface area contributed by atoms with Gasteiger partial charge in [-0.3, -0.25) is 0 Å². The van der Waals surface area contributed by atoms with E-state index in [4.69, 9.17) is 5.73 Å². The number of nitrogens with two attached hydrogens (primary N) is 1. The standard InChI is InChI=1S/C8H12N2OSe/c1-4-7(9)8(5(2)12-4)10-6(3)11/h9H2,1-3H3,(H,10,11). The Balaban J connectivity index is 3.05. The molecule has 1 amide bonds. The van der Waals surface area contributed by atoms with E-state index in [1.165, 1.54) is 15.8 Å². The Bertz CT molecular complexity index is 317. The minimum absolute atomic E-state index is 0.0576. The van der Waals surface area contributed by atoms with Crippen molar-refractivity contribution in [3.63, 3.8) is 0 Å². The molecule has 4 heteroatoms. The molecule has 3 N–H and O–H groups in total. The molecular weight excluding hydrogens is 219 g/mol. The number of rotatable bonds is 1. The molecule has 0 aliphatic heterocycles. The van der Waals surface area contributed by atoms with Gasteiger partial charge in [-0.25, -0.2) is 0 Å². The van der Waals surface area contributed by atoms with Crippen molar-refractivity contribution < 1.29 is 4.79 Å². The van der Waals surface area contributed by atoms with Crippen LogP contribution >= 0.6 is 0 Å². The SMILES string of the molecule is CC(=O)Nc1c(C)[se]c(C)c1N. The van der Waals surface area contributed by atoms with E-state index in [2.05, 4.69) is 5.32 Å². The van der Waals surface area contributed by atoms with Crippen LogP contribution < -0.4 is 11.1 Å². The normalized spacial score (nSPS) is 9.92. The molecular formula is C8H12N2OSe. The number of amides is 1. The van der Waals surface area contributed by atoms with Gasteiger partial charge in [0.15, 0.2) is 0 Å². The third kappa shape index (κ3) is 1.71. The first-order chi connectivity index (χ1) is 5.52. The number of nitrogens with one attached hydrogen (secondary N) is 1. The second-order valence-corrected chi connectivity index (χ2v) is 5.68. The summed E-state index contributed by atoms with van der Waals surface area (Å²) in [5, 5.41) is 2.75. The van der Waals surface area contributed by atoms with E-state index >= 15 is 0 Å². The molecule has 0 bridgehead atoms. The van der Waals surface area contributed by atoms with Gasteiger partial charge in [-0.05, 0) is 0 Å². The number of hydrogen-bond donors (Lipinski definition) is 2. The first kappa shape index (κ1) is 9.36. The van der Waals surface area contributed by atoms with Crippen LogP contribution in [0, 0.1) is 13.8 Å². The molecule has 1 aromatic heterocycles. The molecule has 0 aliphatic carbocycles. The van der Waals surface area contributed by atoms with Gasteiger partial charge >= 0.3 is 77.3 Å². The summed E-state index contributed by atoms with van der Waals surface area (Å²) in [6.45, 7) is 5.51. The van der Waals surface area contributed by atoms with E-state index < -0.39 is 0 Å². The summed E-state index contributed by atoms with van der Waals surface area (Å²) in [7, 11) is 0. The van der Waals surface area contributed by atoms with E-state index in [0.29, 0.717) is 14.5 Å². The van der Waals surface area contributed by atoms with Gasteiger partial charge in [0, 0.05) is 0 Å². The van der Waals surface area contributed by atoms with Gasteiger partial charge in [-0.1, -0.05) is 0 Å². The first-order valence-electron chi connectivity index (χ1n) is 3.65. The summed E-state index contributed by atoms with van der Waals surface area (Å²) >= 11 is 0.335. The monoisotopic (exact) mass is 232 g/mol. The number of hydrogen-bond acceptors (Lipinski definition) is 2. The topological polar surface area (TPSA) is 55.1 Å². The molecule has 0 spiro atoms. The van der Waals surface area contributed by atoms with Crippen molar-refractivity contribution in [1.82, 2.24) is 0 Å². The fraction of sp³-hybridized carbons (Fsp3) is 0.375. The minimum atomic E-state index is -0.0576. The van der Waals surface area contributed by atoms with E-state index in [0.717, 1.165) is 11.4 Å². The Hall–Kier alpha value is -0.731. The van der Waals surface area contributed by atoms with Crippen molar-refractivity contribution in [3.8, 4) is 0 Å². The zero-order valence-electron chi connectivity index (χ0n) is 7.39. The Labute approximate surface area is 77.7 Å². The molecule has 3 nitrogen and oxygen atoms in total. The van der Waals surface area contributed by atoms with Crippen molar-refractivity contribution in [2.45, 2.75) is 20.8 Å². The van der Waals surface area contributed by atoms with Crippen LogP contribution in [0.4, 0.5) is 11.4 Å². The predicted octanol–water partition coefficient (Wildman–Crippen LogP) is 0.901. The quantitative estimate of drug-likeness (QED) is 0.705. The molecule has 0 aliphatic rings. The van der Waals surface area contributed by atoms with Crippen molar-refractivity contribution >= 4 is 31.8 Å². The van der Waals surface area contributed by atoms with Crippen LogP contribution in [0.2, 0.25) is 0 Å². The third-order valence-corrected chi connectivity index (χ3v) is 3.78. The number of carbonyl (C=O) groups excluding carboxylic acids is 1. The van der Waals surface area contributed by atoms with Gasteiger partial charge in [0.2, 0.25) is 0 Å². The van der Waals surface area contributed by atoms with Crippen molar-refractivity contribution in [2.24, 2.45) is 0 Å². The molecule has 0 atom stereocenters. The van der Waals surface area contributed by atoms with Crippen LogP contribution in [0.1, 0.15) is 15.8 Å². The molecule has 66 valence electrons. The molecule has 0 unspecified atom stereocenters. The van der Waals surface area contributed by atoms with Crippen LogP contribution in [-0.2, 0) is 4.79 Å². The molecule has 1 heterocycles. The Kier molecular flexibility index (Phi) is 2.60. The maximum absolute atomic E-state index is 10.8. The third-order valence-electron chi connectivity index (χ3n) is 1.61. The number of aryl methyl sites for hydroxylation is 2. The number of anilines is 2. The van der Waals surface area contributed by atoms with Crippen LogP contribution in [0.3, 0.4) is 0 Å². The average molecular weight is 231 g/mol. The van der Waals surface area contributed by atoms with E-state index in [-0.39, 0.29) is 5.91 Å². The second-order valence-electron chi connectivity index (χ2n) is 2.68. The van der Waals surface area contributed by atoms with Crippen molar-refractivity contribution in [1.29, 1.82) is 0 Å². The van der Waals surface area contributed by atoms with Crippen LogP contribution in [0.25, 0.3) is 0 Å². The van der Waals surface area contributed by atoms with Gasteiger partial charge in [0.25, 0.3) is 0 Å². The molecule has 0 radical (unpaired) electrons. The summed E-state index contributed by atoms with van der Waals surface area (Å²) < 4.78 is 2.40. The Morgan fingerprint density at radius 2 is 2.00 bits per heavy atom. The number of carbonyl (C=O) groups is 1. The molecule has 0 aromatic carbocycles. The Morgan fingerprint density at radius 3 is 2.33 bits per heavy atom. The summed E-state index contributed by atoms with van der Waals surface area (Å²) in [5.41, 5.74) is 7.37. The van der Waals surface area contributed by atoms with Gasteiger partial charge in [0.1, 0.15) is 0 Å². The van der Waals surface area contributed by atoms with Crippen LogP contribution in [0.15, 0.2) is 0 Å². The van der Waals surface area contributed by atoms with Gasteiger partial charge in [0.05, 0.1) is 0 Å². The van der Waals surface area contributed by atoms with E-state index in [1.807, 2.05) is 13.8 Å². The molecule has 12 heavy (non-hydrogen) atoms. The van der Waals surface area contributed by atoms with Gasteiger partial charge in [-0.2, -0.15) is 0 Å². The summed E-state index contributed by atoms with van der Waals surface area (Å²) in [5.74, 6) is -0.0576. The Morgan fingerprint density at radius 1 is 1.42 bits per heavy atom. The second kappa shape index (κ2) is 3.33. The predicted molar refractivity (Wildman–Crippen MR) is 51.6 cm³/mol. The molecule has 0 saturated carbocycles. The van der Waals surface area contributed by atoms with Crippen molar-refractivity contribution in [2.75, 3.05) is 11.1 Å².